The lowest BCUT2D eigenvalue weighted by atomic mass is 10.0. The first kappa shape index (κ1) is 12.3. The molecule has 0 amide bonds. The Morgan fingerprint density at radius 3 is 2.65 bits per heavy atom. The summed E-state index contributed by atoms with van der Waals surface area (Å²) in [5.41, 5.74) is 5.60. The molecule has 0 heterocycles. The predicted octanol–water partition coefficient (Wildman–Crippen LogP) is 3.95. The maximum absolute atomic E-state index is 12.1. The van der Waals surface area contributed by atoms with Crippen LogP contribution in [-0.2, 0) is 6.42 Å². The van der Waals surface area contributed by atoms with Crippen molar-refractivity contribution < 1.29 is 4.79 Å². The molecule has 17 heavy (non-hydrogen) atoms. The zero-order chi connectivity index (χ0) is 12.6. The molecule has 1 aliphatic carbocycles. The summed E-state index contributed by atoms with van der Waals surface area (Å²) in [6.45, 7) is 8.93. The molecule has 0 fully saturated rings. The van der Waals surface area contributed by atoms with Crippen molar-refractivity contribution in [1.82, 2.24) is 0 Å². The smallest absolute Gasteiger partial charge is 0.166 e. The number of ketones is 1. The van der Waals surface area contributed by atoms with Gasteiger partial charge in [-0.15, -0.1) is 0 Å². The molecule has 2 heteroatoms. The molecule has 0 N–H and O–H groups in total. The summed E-state index contributed by atoms with van der Waals surface area (Å²) in [5.74, 6) is 0.474. The Hall–Kier alpha value is -1.15. The number of hydrogen-bond acceptors (Lipinski definition) is 1. The molecule has 90 valence electrons. The van der Waals surface area contributed by atoms with E-state index < -0.39 is 8.07 Å². The maximum atomic E-state index is 12.1. The Morgan fingerprint density at radius 2 is 2.00 bits per heavy atom. The van der Waals surface area contributed by atoms with E-state index in [-0.39, 0.29) is 5.92 Å². The highest BCUT2D eigenvalue weighted by molar-refractivity contribution is 6.81. The lowest BCUT2D eigenvalue weighted by molar-refractivity contribution is 0.0946. The summed E-state index contributed by atoms with van der Waals surface area (Å²) in [5, 5.41) is 0. The Kier molecular flexibility index (Phi) is 3.08. The highest BCUT2D eigenvalue weighted by Gasteiger charge is 2.28. The minimum absolute atomic E-state index is 0.159. The fraction of sp³-hybridized carbons (Fsp3) is 0.400. The van der Waals surface area contributed by atoms with Gasteiger partial charge in [0.1, 0.15) is 0 Å². The predicted molar refractivity (Wildman–Crippen MR) is 76.0 cm³/mol. The topological polar surface area (TPSA) is 17.1 Å². The first-order valence-corrected chi connectivity index (χ1v) is 9.81. The number of benzene rings is 1. The van der Waals surface area contributed by atoms with Crippen LogP contribution in [0.1, 0.15) is 28.4 Å². The van der Waals surface area contributed by atoms with Crippen molar-refractivity contribution in [1.29, 1.82) is 0 Å². The molecule has 1 atom stereocenters. The quantitative estimate of drug-likeness (QED) is 0.720. The molecule has 0 aromatic heterocycles. The van der Waals surface area contributed by atoms with E-state index in [0.29, 0.717) is 5.78 Å². The summed E-state index contributed by atoms with van der Waals surface area (Å²) >= 11 is 0. The average Bonchev–Trinajstić information content (AvgIpc) is 2.52. The van der Waals surface area contributed by atoms with Gasteiger partial charge >= 0.3 is 0 Å². The third-order valence-electron chi connectivity index (χ3n) is 3.17. The van der Waals surface area contributed by atoms with Gasteiger partial charge in [0, 0.05) is 11.5 Å². The molecular formula is C15H20OSi. The Labute approximate surface area is 105 Å². The summed E-state index contributed by atoms with van der Waals surface area (Å²) < 4.78 is 0. The third-order valence-corrected chi connectivity index (χ3v) is 4.33. The zero-order valence-corrected chi connectivity index (χ0v) is 12.1. The van der Waals surface area contributed by atoms with Crippen molar-refractivity contribution in [3.05, 3.63) is 40.6 Å². The van der Waals surface area contributed by atoms with Crippen molar-refractivity contribution in [3.8, 4) is 0 Å². The Morgan fingerprint density at radius 1 is 1.29 bits per heavy atom. The van der Waals surface area contributed by atoms with Crippen LogP contribution in [0.25, 0.3) is 6.08 Å². The lowest BCUT2D eigenvalue weighted by Crippen LogP contribution is -2.15. The van der Waals surface area contributed by atoms with Gasteiger partial charge in [0.2, 0.25) is 0 Å². The zero-order valence-electron chi connectivity index (χ0n) is 11.1. The minimum atomic E-state index is -1.20. The summed E-state index contributed by atoms with van der Waals surface area (Å²) in [4.78, 5) is 12.1. The third kappa shape index (κ3) is 2.58. The number of rotatable bonds is 2. The normalized spacial score (nSPS) is 20.0. The summed E-state index contributed by atoms with van der Waals surface area (Å²) in [6.07, 6.45) is 3.06. The van der Waals surface area contributed by atoms with Crippen molar-refractivity contribution in [3.63, 3.8) is 0 Å². The van der Waals surface area contributed by atoms with Crippen molar-refractivity contribution >= 4 is 19.9 Å². The van der Waals surface area contributed by atoms with Gasteiger partial charge < -0.3 is 0 Å². The number of fused-ring (bicyclic) bond motifs is 1. The van der Waals surface area contributed by atoms with E-state index in [2.05, 4.69) is 49.6 Å². The second-order valence-electron chi connectivity index (χ2n) is 6.05. The highest BCUT2D eigenvalue weighted by atomic mass is 28.3. The second kappa shape index (κ2) is 4.26. The maximum Gasteiger partial charge on any atom is 0.166 e. The van der Waals surface area contributed by atoms with Crippen LogP contribution >= 0.6 is 0 Å². The van der Waals surface area contributed by atoms with Gasteiger partial charge in [0.05, 0.1) is 8.07 Å². The summed E-state index contributed by atoms with van der Waals surface area (Å²) in [7, 11) is -1.20. The average molecular weight is 244 g/mol. The largest absolute Gasteiger partial charge is 0.294 e. The van der Waals surface area contributed by atoms with Gasteiger partial charge in [0.25, 0.3) is 0 Å². The molecule has 0 saturated carbocycles. The van der Waals surface area contributed by atoms with Gasteiger partial charge in [-0.2, -0.15) is 0 Å². The van der Waals surface area contributed by atoms with Crippen molar-refractivity contribution in [2.75, 3.05) is 0 Å². The van der Waals surface area contributed by atoms with Gasteiger partial charge in [-0.1, -0.05) is 56.5 Å². The van der Waals surface area contributed by atoms with Crippen LogP contribution in [-0.4, -0.2) is 13.9 Å². The molecule has 1 aromatic rings. The molecule has 2 rings (SSSR count). The molecule has 0 radical (unpaired) electrons. The Balaban J connectivity index is 2.42. The van der Waals surface area contributed by atoms with E-state index in [0.717, 1.165) is 17.5 Å². The van der Waals surface area contributed by atoms with Gasteiger partial charge in [-0.3, -0.25) is 4.79 Å². The second-order valence-corrected chi connectivity index (χ2v) is 11.1. The molecular weight excluding hydrogens is 224 g/mol. The highest BCUT2D eigenvalue weighted by Crippen LogP contribution is 2.30. The number of Topliss-reactive ketones (excluding diaryl/α,β-unsaturated/α-hetero) is 1. The fourth-order valence-corrected chi connectivity index (χ4v) is 2.92. The van der Waals surface area contributed by atoms with Crippen LogP contribution in [0, 0.1) is 5.92 Å². The van der Waals surface area contributed by atoms with Crippen LogP contribution < -0.4 is 0 Å². The Bertz CT molecular complexity index is 480. The fourth-order valence-electron chi connectivity index (χ4n) is 2.24. The van der Waals surface area contributed by atoms with E-state index >= 15 is 0 Å². The number of hydrogen-bond donors (Lipinski definition) is 0. The van der Waals surface area contributed by atoms with Crippen molar-refractivity contribution in [2.24, 2.45) is 5.92 Å². The molecule has 0 aliphatic heterocycles. The van der Waals surface area contributed by atoms with Gasteiger partial charge in [-0.25, -0.2) is 0 Å². The van der Waals surface area contributed by atoms with Gasteiger partial charge in [0.15, 0.2) is 5.78 Å². The van der Waals surface area contributed by atoms with E-state index in [1.807, 2.05) is 6.92 Å². The van der Waals surface area contributed by atoms with E-state index in [4.69, 9.17) is 0 Å². The van der Waals surface area contributed by atoms with Crippen LogP contribution in [0.2, 0.25) is 19.6 Å². The monoisotopic (exact) mass is 244 g/mol. The molecule has 1 aliphatic rings. The van der Waals surface area contributed by atoms with Crippen LogP contribution in [0.4, 0.5) is 0 Å². The van der Waals surface area contributed by atoms with Crippen LogP contribution in [0.5, 0.6) is 0 Å². The van der Waals surface area contributed by atoms with E-state index in [1.165, 1.54) is 5.56 Å². The van der Waals surface area contributed by atoms with E-state index in [9.17, 15) is 4.79 Å². The van der Waals surface area contributed by atoms with Gasteiger partial charge in [-0.05, 0) is 17.5 Å². The number of carbonyl (C=O) groups excluding carboxylic acids is 1. The first-order valence-electron chi connectivity index (χ1n) is 6.24. The lowest BCUT2D eigenvalue weighted by Gasteiger charge is -2.09. The van der Waals surface area contributed by atoms with E-state index in [1.54, 1.807) is 0 Å². The van der Waals surface area contributed by atoms with Crippen molar-refractivity contribution in [2.45, 2.75) is 33.0 Å². The first-order chi connectivity index (χ1) is 7.88. The minimum Gasteiger partial charge on any atom is -0.294 e. The molecule has 1 unspecified atom stereocenters. The molecule has 0 spiro atoms. The standard InChI is InChI=1S/C15H20OSi/c1-11-10-13-7-5-6-12(14(13)15(11)16)8-9-17(2,3)4/h5-9,11H,10H2,1-4H3/b9-8+. The molecule has 0 bridgehead atoms. The molecule has 1 nitrogen and oxygen atoms in total. The van der Waals surface area contributed by atoms with Crippen LogP contribution in [0.15, 0.2) is 23.9 Å². The molecule has 1 aromatic carbocycles. The van der Waals surface area contributed by atoms with Crippen LogP contribution in [0.3, 0.4) is 0 Å². The number of carbonyl (C=O) groups is 1. The SMILES string of the molecule is CC1Cc2cccc(/C=C/[Si](C)(C)C)c2C1=O. The summed E-state index contributed by atoms with van der Waals surface area (Å²) in [6, 6.07) is 6.21. The molecule has 0 saturated heterocycles.